The number of nitrogens with zero attached hydrogens (tertiary/aromatic N) is 1. The Morgan fingerprint density at radius 3 is 2.54 bits per heavy atom. The zero-order valence-corrected chi connectivity index (χ0v) is 16.1. The zero-order valence-electron chi connectivity index (χ0n) is 16.1. The summed E-state index contributed by atoms with van der Waals surface area (Å²) in [5, 5.41) is 3.99. The van der Waals surface area contributed by atoms with Gasteiger partial charge in [0.05, 0.1) is 5.69 Å². The minimum atomic E-state index is -0.259. The molecule has 0 N–H and O–H groups in total. The molecule has 0 spiro atoms. The average Bonchev–Trinajstić information content (AvgIpc) is 3.05. The van der Waals surface area contributed by atoms with Gasteiger partial charge < -0.3 is 4.42 Å². The Balaban J connectivity index is 1.92. The minimum absolute atomic E-state index is 0.259. The molecule has 5 aromatic rings. The van der Waals surface area contributed by atoms with E-state index in [-0.39, 0.29) is 5.82 Å². The van der Waals surface area contributed by atoms with Crippen molar-refractivity contribution in [1.29, 1.82) is 0 Å². The molecule has 0 atom stereocenters. The molecule has 3 heteroatoms. The van der Waals surface area contributed by atoms with Crippen LogP contribution in [0.2, 0.25) is 0 Å². The molecule has 28 heavy (non-hydrogen) atoms. The highest BCUT2D eigenvalue weighted by atomic mass is 19.1. The predicted octanol–water partition coefficient (Wildman–Crippen LogP) is 7.37. The van der Waals surface area contributed by atoms with Crippen molar-refractivity contribution in [1.82, 2.24) is 4.98 Å². The highest BCUT2D eigenvalue weighted by Gasteiger charge is 2.18. The molecule has 0 aliphatic rings. The van der Waals surface area contributed by atoms with Crippen LogP contribution in [0.1, 0.15) is 30.9 Å². The van der Waals surface area contributed by atoms with E-state index in [1.165, 1.54) is 6.07 Å². The number of rotatable bonds is 2. The van der Waals surface area contributed by atoms with Crippen LogP contribution in [0.5, 0.6) is 0 Å². The maximum atomic E-state index is 14.2. The van der Waals surface area contributed by atoms with Gasteiger partial charge in [-0.1, -0.05) is 38.1 Å². The van der Waals surface area contributed by atoms with Gasteiger partial charge in [-0.15, -0.1) is 0 Å². The van der Waals surface area contributed by atoms with Crippen LogP contribution >= 0.6 is 0 Å². The first-order valence-electron chi connectivity index (χ1n) is 9.53. The van der Waals surface area contributed by atoms with Crippen molar-refractivity contribution in [2.24, 2.45) is 0 Å². The maximum absolute atomic E-state index is 14.2. The third kappa shape index (κ3) is 2.50. The summed E-state index contributed by atoms with van der Waals surface area (Å²) in [5.41, 5.74) is 5.53. The summed E-state index contributed by atoms with van der Waals surface area (Å²) < 4.78 is 20.4. The van der Waals surface area contributed by atoms with Gasteiger partial charge >= 0.3 is 0 Å². The standard InChI is InChI=1S/C25H20FNO/c1-14(2)22-13-27-24(19-12-16(26)8-9-17(19)22)21-11-15(3)10-20-18-6-4-5-7-23(18)28-25(20)21/h4-14H,1-3H3. The molecule has 3 aromatic carbocycles. The van der Waals surface area contributed by atoms with Gasteiger partial charge in [0.25, 0.3) is 0 Å². The van der Waals surface area contributed by atoms with E-state index in [0.717, 1.165) is 55.1 Å². The lowest BCUT2D eigenvalue weighted by Gasteiger charge is -2.14. The van der Waals surface area contributed by atoms with Crippen molar-refractivity contribution in [3.05, 3.63) is 77.7 Å². The number of aryl methyl sites for hydroxylation is 1. The fourth-order valence-corrected chi connectivity index (χ4v) is 4.06. The van der Waals surface area contributed by atoms with Gasteiger partial charge in [0.1, 0.15) is 17.0 Å². The Morgan fingerprint density at radius 2 is 1.71 bits per heavy atom. The molecular weight excluding hydrogens is 349 g/mol. The monoisotopic (exact) mass is 369 g/mol. The van der Waals surface area contributed by atoms with Crippen molar-refractivity contribution >= 4 is 32.7 Å². The Morgan fingerprint density at radius 1 is 0.893 bits per heavy atom. The lowest BCUT2D eigenvalue weighted by Crippen LogP contribution is -1.96. The first-order chi connectivity index (χ1) is 13.5. The van der Waals surface area contributed by atoms with Gasteiger partial charge in [0.2, 0.25) is 0 Å². The number of para-hydroxylation sites is 1. The number of benzene rings is 3. The third-order valence-corrected chi connectivity index (χ3v) is 5.38. The third-order valence-electron chi connectivity index (χ3n) is 5.38. The van der Waals surface area contributed by atoms with E-state index in [4.69, 9.17) is 9.40 Å². The van der Waals surface area contributed by atoms with Crippen LogP contribution in [0.3, 0.4) is 0 Å². The first-order valence-corrected chi connectivity index (χ1v) is 9.53. The largest absolute Gasteiger partial charge is 0.455 e. The molecule has 2 nitrogen and oxygen atoms in total. The van der Waals surface area contributed by atoms with E-state index >= 15 is 0 Å². The van der Waals surface area contributed by atoms with Gasteiger partial charge in [0.15, 0.2) is 0 Å². The van der Waals surface area contributed by atoms with Crippen molar-refractivity contribution < 1.29 is 8.81 Å². The van der Waals surface area contributed by atoms with Crippen LogP contribution in [-0.4, -0.2) is 4.98 Å². The number of hydrogen-bond donors (Lipinski definition) is 0. The molecule has 0 saturated carbocycles. The van der Waals surface area contributed by atoms with Gasteiger partial charge in [-0.3, -0.25) is 4.98 Å². The Hall–Kier alpha value is -3.20. The van der Waals surface area contributed by atoms with E-state index in [0.29, 0.717) is 5.92 Å². The van der Waals surface area contributed by atoms with Crippen LogP contribution in [0.25, 0.3) is 44.0 Å². The van der Waals surface area contributed by atoms with Crippen molar-refractivity contribution in [2.75, 3.05) is 0 Å². The summed E-state index contributed by atoms with van der Waals surface area (Å²) in [6.07, 6.45) is 1.91. The first kappa shape index (κ1) is 16.9. The van der Waals surface area contributed by atoms with Gasteiger partial charge in [-0.2, -0.15) is 0 Å². The number of fused-ring (bicyclic) bond motifs is 4. The molecule has 0 saturated heterocycles. The van der Waals surface area contributed by atoms with E-state index in [9.17, 15) is 4.39 Å². The van der Waals surface area contributed by atoms with Crippen LogP contribution in [0.15, 0.2) is 65.2 Å². The second-order valence-corrected chi connectivity index (χ2v) is 7.69. The fraction of sp³-hybridized carbons (Fsp3) is 0.160. The lowest BCUT2D eigenvalue weighted by molar-refractivity contribution is 0.629. The number of aromatic nitrogens is 1. The summed E-state index contributed by atoms with van der Waals surface area (Å²) in [5.74, 6) is 0.0446. The number of halogens is 1. The molecule has 0 fully saturated rings. The molecule has 0 aliphatic heterocycles. The van der Waals surface area contributed by atoms with Crippen LogP contribution in [-0.2, 0) is 0 Å². The molecule has 0 radical (unpaired) electrons. The molecule has 2 aromatic heterocycles. The normalized spacial score (nSPS) is 11.9. The van der Waals surface area contributed by atoms with E-state index in [1.807, 2.05) is 30.5 Å². The zero-order chi connectivity index (χ0) is 19.4. The molecular formula is C25H20FNO. The predicted molar refractivity (Wildman–Crippen MR) is 113 cm³/mol. The molecule has 0 unspecified atom stereocenters. The molecule has 2 heterocycles. The SMILES string of the molecule is Cc1cc(-c2ncc(C(C)C)c3ccc(F)cc23)c2oc3ccccc3c2c1. The van der Waals surface area contributed by atoms with Crippen molar-refractivity contribution in [3.8, 4) is 11.3 Å². The Bertz CT molecular complexity index is 1360. The van der Waals surface area contributed by atoms with Crippen molar-refractivity contribution in [3.63, 3.8) is 0 Å². The second-order valence-electron chi connectivity index (χ2n) is 7.69. The molecule has 138 valence electrons. The Kier molecular flexibility index (Phi) is 3.73. The second kappa shape index (κ2) is 6.16. The van der Waals surface area contributed by atoms with Crippen molar-refractivity contribution in [2.45, 2.75) is 26.7 Å². The Labute approximate surface area is 162 Å². The number of furan rings is 1. The lowest BCUT2D eigenvalue weighted by atomic mass is 9.94. The fourth-order valence-electron chi connectivity index (χ4n) is 4.06. The summed E-state index contributed by atoms with van der Waals surface area (Å²) in [6, 6.07) is 17.2. The van der Waals surface area contributed by atoms with Crippen LogP contribution in [0, 0.1) is 12.7 Å². The smallest absolute Gasteiger partial charge is 0.144 e. The van der Waals surface area contributed by atoms with E-state index in [1.54, 1.807) is 6.07 Å². The highest BCUT2D eigenvalue weighted by molar-refractivity contribution is 6.12. The average molecular weight is 369 g/mol. The molecule has 5 rings (SSSR count). The van der Waals surface area contributed by atoms with Gasteiger partial charge in [0, 0.05) is 27.9 Å². The van der Waals surface area contributed by atoms with Crippen LogP contribution in [0.4, 0.5) is 4.39 Å². The molecule has 0 aliphatic carbocycles. The van der Waals surface area contributed by atoms with Gasteiger partial charge in [-0.25, -0.2) is 4.39 Å². The van der Waals surface area contributed by atoms with Gasteiger partial charge in [-0.05, 0) is 59.7 Å². The maximum Gasteiger partial charge on any atom is 0.144 e. The summed E-state index contributed by atoms with van der Waals surface area (Å²) in [4.78, 5) is 4.77. The minimum Gasteiger partial charge on any atom is -0.455 e. The topological polar surface area (TPSA) is 26.0 Å². The van der Waals surface area contributed by atoms with E-state index < -0.39 is 0 Å². The quantitative estimate of drug-likeness (QED) is 0.324. The highest BCUT2D eigenvalue weighted by Crippen LogP contribution is 2.39. The van der Waals surface area contributed by atoms with E-state index in [2.05, 4.69) is 39.0 Å². The summed E-state index contributed by atoms with van der Waals surface area (Å²) >= 11 is 0. The molecule has 0 amide bonds. The summed E-state index contributed by atoms with van der Waals surface area (Å²) in [7, 11) is 0. The summed E-state index contributed by atoms with van der Waals surface area (Å²) in [6.45, 7) is 6.32. The molecule has 0 bridgehead atoms. The van der Waals surface area contributed by atoms with Crippen LogP contribution < -0.4 is 0 Å². The number of pyridine rings is 1. The number of hydrogen-bond acceptors (Lipinski definition) is 2.